The summed E-state index contributed by atoms with van der Waals surface area (Å²) in [6, 6.07) is 7.87. The number of hydrogen-bond acceptors (Lipinski definition) is 7. The molecule has 176 valence electrons. The zero-order valence-corrected chi connectivity index (χ0v) is 19.6. The van der Waals surface area contributed by atoms with Crippen molar-refractivity contribution in [2.75, 3.05) is 18.4 Å². The second-order valence-electron chi connectivity index (χ2n) is 8.49. The van der Waals surface area contributed by atoms with Gasteiger partial charge in [-0.05, 0) is 44.0 Å². The number of carbonyl (C=O) groups is 1. The molecule has 9 heteroatoms. The van der Waals surface area contributed by atoms with Crippen molar-refractivity contribution in [3.63, 3.8) is 0 Å². The normalized spacial score (nSPS) is 22.8. The largest absolute Gasteiger partial charge is 0.437 e. The number of piperidine rings is 1. The number of aromatic nitrogens is 2. The lowest BCUT2D eigenvalue weighted by molar-refractivity contribution is -0.137. The zero-order valence-electron chi connectivity index (χ0n) is 18.8. The van der Waals surface area contributed by atoms with Gasteiger partial charge in [-0.15, -0.1) is 0 Å². The molecular formula is C25H26FN5O2S. The Hall–Kier alpha value is -3.20. The molecule has 0 radical (unpaired) electrons. The van der Waals surface area contributed by atoms with Crippen LogP contribution in [0.3, 0.4) is 0 Å². The van der Waals surface area contributed by atoms with E-state index in [2.05, 4.69) is 33.5 Å². The van der Waals surface area contributed by atoms with Crippen molar-refractivity contribution in [2.24, 2.45) is 4.99 Å². The second kappa shape index (κ2) is 9.97. The predicted octanol–water partition coefficient (Wildman–Crippen LogP) is 4.71. The first kappa shape index (κ1) is 22.6. The highest BCUT2D eigenvalue weighted by Gasteiger charge is 2.30. The Labute approximate surface area is 202 Å². The van der Waals surface area contributed by atoms with Crippen molar-refractivity contribution in [1.82, 2.24) is 14.9 Å². The Morgan fingerprint density at radius 3 is 2.62 bits per heavy atom. The molecule has 0 spiro atoms. The molecule has 3 heterocycles. The van der Waals surface area contributed by atoms with Gasteiger partial charge in [0.2, 0.25) is 5.88 Å². The summed E-state index contributed by atoms with van der Waals surface area (Å²) >= 11 is 1.72. The number of amidine groups is 1. The molecule has 2 aromatic rings. The van der Waals surface area contributed by atoms with Gasteiger partial charge < -0.3 is 15.0 Å². The maximum Gasteiger partial charge on any atom is 0.256 e. The number of halogens is 1. The minimum Gasteiger partial charge on any atom is -0.437 e. The summed E-state index contributed by atoms with van der Waals surface area (Å²) in [7, 11) is 0. The van der Waals surface area contributed by atoms with Crippen LogP contribution in [-0.4, -0.2) is 56.5 Å². The lowest BCUT2D eigenvalue weighted by Gasteiger charge is -2.32. The van der Waals surface area contributed by atoms with E-state index >= 15 is 0 Å². The molecule has 5 rings (SSSR count). The van der Waals surface area contributed by atoms with Crippen molar-refractivity contribution in [3.8, 4) is 11.6 Å². The summed E-state index contributed by atoms with van der Waals surface area (Å²) in [6.07, 6.45) is 11.6. The van der Waals surface area contributed by atoms with E-state index in [0.29, 0.717) is 42.8 Å². The van der Waals surface area contributed by atoms with Gasteiger partial charge in [-0.2, -0.15) is 0 Å². The summed E-state index contributed by atoms with van der Waals surface area (Å²) in [6.45, 7) is 2.29. The number of likely N-dealkylation sites (tertiary alicyclic amines) is 1. The van der Waals surface area contributed by atoms with Crippen molar-refractivity contribution in [2.45, 2.75) is 43.1 Å². The fourth-order valence-corrected chi connectivity index (χ4v) is 5.40. The van der Waals surface area contributed by atoms with E-state index in [1.165, 1.54) is 6.92 Å². The van der Waals surface area contributed by atoms with Crippen LogP contribution in [0.25, 0.3) is 0 Å². The van der Waals surface area contributed by atoms with Gasteiger partial charge in [-0.1, -0.05) is 36.1 Å². The average molecular weight is 480 g/mol. The van der Waals surface area contributed by atoms with Crippen LogP contribution in [0.5, 0.6) is 11.6 Å². The SMILES string of the molecule is C[C@H](F)C(=O)N1CCC(c2nccnc2Oc2ccc(NC3=NC4C=CC=CC4S3)cc2)CC1. The summed E-state index contributed by atoms with van der Waals surface area (Å²) in [4.78, 5) is 27.2. The number of amides is 1. The number of anilines is 1. The molecule has 1 amide bonds. The number of alkyl halides is 1. The van der Waals surface area contributed by atoms with E-state index in [9.17, 15) is 9.18 Å². The minimum absolute atomic E-state index is 0.104. The zero-order chi connectivity index (χ0) is 23.5. The summed E-state index contributed by atoms with van der Waals surface area (Å²) < 4.78 is 19.4. The maximum atomic E-state index is 13.4. The molecule has 7 nitrogen and oxygen atoms in total. The predicted molar refractivity (Wildman–Crippen MR) is 132 cm³/mol. The highest BCUT2D eigenvalue weighted by atomic mass is 32.2. The number of hydrogen-bond donors (Lipinski definition) is 1. The lowest BCUT2D eigenvalue weighted by Crippen LogP contribution is -2.41. The van der Waals surface area contributed by atoms with Crippen LogP contribution >= 0.6 is 11.8 Å². The van der Waals surface area contributed by atoms with Gasteiger partial charge >= 0.3 is 0 Å². The van der Waals surface area contributed by atoms with Crippen molar-refractivity contribution in [1.29, 1.82) is 0 Å². The number of fused-ring (bicyclic) bond motifs is 1. The molecule has 1 N–H and O–H groups in total. The number of carbonyl (C=O) groups excluding carboxylic acids is 1. The van der Waals surface area contributed by atoms with E-state index in [-0.39, 0.29) is 12.0 Å². The van der Waals surface area contributed by atoms with Crippen LogP contribution in [0.4, 0.5) is 10.1 Å². The highest BCUT2D eigenvalue weighted by molar-refractivity contribution is 8.15. The van der Waals surface area contributed by atoms with Crippen LogP contribution < -0.4 is 10.1 Å². The highest BCUT2D eigenvalue weighted by Crippen LogP contribution is 2.35. The van der Waals surface area contributed by atoms with Gasteiger partial charge in [0, 0.05) is 37.1 Å². The summed E-state index contributed by atoms with van der Waals surface area (Å²) in [5.74, 6) is 0.779. The molecule has 1 aliphatic carbocycles. The number of aliphatic imine (C=N–C) groups is 1. The van der Waals surface area contributed by atoms with Crippen LogP contribution in [0.1, 0.15) is 31.4 Å². The van der Waals surface area contributed by atoms with Crippen LogP contribution in [0.15, 0.2) is 66.0 Å². The van der Waals surface area contributed by atoms with Crippen molar-refractivity contribution < 1.29 is 13.9 Å². The molecule has 0 bridgehead atoms. The number of rotatable bonds is 5. The second-order valence-corrected chi connectivity index (χ2v) is 9.66. The fourth-order valence-electron chi connectivity index (χ4n) is 4.32. The first-order chi connectivity index (χ1) is 16.6. The number of thioether (sulfide) groups is 1. The van der Waals surface area contributed by atoms with Gasteiger partial charge in [0.05, 0.1) is 11.3 Å². The fraction of sp³-hybridized carbons (Fsp3) is 0.360. The van der Waals surface area contributed by atoms with Gasteiger partial charge in [-0.25, -0.2) is 9.37 Å². The maximum absolute atomic E-state index is 13.4. The molecule has 2 unspecified atom stereocenters. The van der Waals surface area contributed by atoms with Gasteiger partial charge in [0.25, 0.3) is 5.91 Å². The third kappa shape index (κ3) is 4.99. The standard InChI is InChI=1S/C25H26FN5O2S/c1-16(26)24(32)31-14-10-17(11-15-31)22-23(28-13-12-27-22)33-19-8-6-18(7-9-19)29-25-30-20-4-2-3-5-21(20)34-25/h2-9,12-13,16-17,20-21H,10-11,14-15H2,1H3,(H,29,30)/t16-,20?,21?/m0/s1. The van der Waals surface area contributed by atoms with Crippen molar-refractivity contribution in [3.05, 3.63) is 66.7 Å². The average Bonchev–Trinajstić information content (AvgIpc) is 3.27. The Morgan fingerprint density at radius 2 is 1.88 bits per heavy atom. The Morgan fingerprint density at radius 1 is 1.15 bits per heavy atom. The van der Waals surface area contributed by atoms with Gasteiger partial charge in [0.15, 0.2) is 11.3 Å². The molecule has 1 saturated heterocycles. The molecule has 3 atom stereocenters. The Bertz CT molecular complexity index is 1130. The first-order valence-electron chi connectivity index (χ1n) is 11.4. The third-order valence-corrected chi connectivity index (χ3v) is 7.25. The first-order valence-corrected chi connectivity index (χ1v) is 12.3. The number of allylic oxidation sites excluding steroid dienone is 2. The van der Waals surface area contributed by atoms with Crippen LogP contribution in [-0.2, 0) is 4.79 Å². The molecule has 2 aliphatic heterocycles. The van der Waals surface area contributed by atoms with Gasteiger partial charge in [-0.3, -0.25) is 14.8 Å². The molecule has 1 fully saturated rings. The Balaban J connectivity index is 1.21. The third-order valence-electron chi connectivity index (χ3n) is 6.12. The minimum atomic E-state index is -1.47. The summed E-state index contributed by atoms with van der Waals surface area (Å²) in [5, 5.41) is 4.64. The monoisotopic (exact) mass is 479 g/mol. The van der Waals surface area contributed by atoms with E-state index in [1.807, 2.05) is 30.3 Å². The number of benzene rings is 1. The summed E-state index contributed by atoms with van der Waals surface area (Å²) in [5.41, 5.74) is 1.70. The van der Waals surface area contributed by atoms with E-state index < -0.39 is 12.1 Å². The smallest absolute Gasteiger partial charge is 0.256 e. The number of nitrogens with zero attached hydrogens (tertiary/aromatic N) is 4. The molecular weight excluding hydrogens is 453 g/mol. The van der Waals surface area contributed by atoms with E-state index in [0.717, 1.165) is 16.5 Å². The molecule has 0 saturated carbocycles. The lowest BCUT2D eigenvalue weighted by atomic mass is 9.93. The topological polar surface area (TPSA) is 79.7 Å². The van der Waals surface area contributed by atoms with Crippen LogP contribution in [0.2, 0.25) is 0 Å². The molecule has 1 aromatic heterocycles. The van der Waals surface area contributed by atoms with E-state index in [1.54, 1.807) is 29.1 Å². The van der Waals surface area contributed by atoms with Crippen molar-refractivity contribution >= 4 is 28.5 Å². The quantitative estimate of drug-likeness (QED) is 0.669. The van der Waals surface area contributed by atoms with Crippen LogP contribution in [0, 0.1) is 0 Å². The number of ether oxygens (including phenoxy) is 1. The Kier molecular flexibility index (Phi) is 6.62. The molecule has 1 aromatic carbocycles. The van der Waals surface area contributed by atoms with E-state index in [4.69, 9.17) is 9.73 Å². The molecule has 3 aliphatic rings. The molecule has 34 heavy (non-hydrogen) atoms. The van der Waals surface area contributed by atoms with Gasteiger partial charge in [0.1, 0.15) is 11.4 Å². The number of nitrogens with one attached hydrogen (secondary N) is 1.